The summed E-state index contributed by atoms with van der Waals surface area (Å²) in [5.41, 5.74) is 0.895. The zero-order chi connectivity index (χ0) is 23.3. The predicted octanol–water partition coefficient (Wildman–Crippen LogP) is 3.54. The zero-order valence-electron chi connectivity index (χ0n) is 17.6. The Balaban J connectivity index is 1.49. The van der Waals surface area contributed by atoms with Crippen molar-refractivity contribution < 1.29 is 26.7 Å². The Bertz CT molecular complexity index is 1350. The second kappa shape index (κ2) is 7.93. The molecule has 0 N–H and O–H groups in total. The summed E-state index contributed by atoms with van der Waals surface area (Å²) >= 11 is 0. The summed E-state index contributed by atoms with van der Waals surface area (Å²) in [6.07, 6.45) is -0.605. The highest BCUT2D eigenvalue weighted by atomic mass is 32.2. The molecule has 2 aliphatic rings. The third-order valence-electron chi connectivity index (χ3n) is 6.13. The van der Waals surface area contributed by atoms with Crippen LogP contribution in [0.15, 0.2) is 71.6 Å². The molecule has 6 nitrogen and oxygen atoms in total. The number of ether oxygens (including phenoxy) is 1. The number of hydrogen-bond donors (Lipinski definition) is 0. The fourth-order valence-corrected chi connectivity index (χ4v) is 5.83. The first-order chi connectivity index (χ1) is 15.8. The molecule has 0 saturated carbocycles. The van der Waals surface area contributed by atoms with Crippen LogP contribution in [-0.4, -0.2) is 55.8 Å². The molecular formula is C24H20F2N2O4S. The number of benzene rings is 3. The van der Waals surface area contributed by atoms with E-state index in [2.05, 4.69) is 0 Å². The van der Waals surface area contributed by atoms with Gasteiger partial charge in [-0.15, -0.1) is 0 Å². The molecule has 2 aliphatic heterocycles. The highest BCUT2D eigenvalue weighted by Crippen LogP contribution is 2.36. The zero-order valence-corrected chi connectivity index (χ0v) is 18.4. The molecule has 1 amide bonds. The van der Waals surface area contributed by atoms with Crippen molar-refractivity contribution in [2.45, 2.75) is 17.0 Å². The number of carbonyl (C=O) groups is 1. The molecule has 0 radical (unpaired) electrons. The van der Waals surface area contributed by atoms with Gasteiger partial charge in [-0.25, -0.2) is 17.2 Å². The molecule has 170 valence electrons. The molecule has 3 aromatic carbocycles. The van der Waals surface area contributed by atoms with E-state index < -0.39 is 33.8 Å². The summed E-state index contributed by atoms with van der Waals surface area (Å²) in [6, 6.07) is 15.5. The highest BCUT2D eigenvalue weighted by molar-refractivity contribution is 7.89. The molecular weight excluding hydrogens is 450 g/mol. The molecule has 5 rings (SSSR count). The predicted molar refractivity (Wildman–Crippen MR) is 117 cm³/mol. The largest absolute Gasteiger partial charge is 0.486 e. The van der Waals surface area contributed by atoms with Crippen LogP contribution < -0.4 is 4.74 Å². The van der Waals surface area contributed by atoms with Gasteiger partial charge < -0.3 is 9.64 Å². The molecule has 1 saturated heterocycles. The molecule has 3 aromatic rings. The first kappa shape index (κ1) is 21.5. The van der Waals surface area contributed by atoms with Crippen LogP contribution in [0.25, 0.3) is 11.1 Å². The van der Waals surface area contributed by atoms with E-state index >= 15 is 0 Å². The van der Waals surface area contributed by atoms with E-state index in [1.807, 2.05) is 0 Å². The van der Waals surface area contributed by atoms with Crippen LogP contribution in [0.3, 0.4) is 0 Å². The minimum absolute atomic E-state index is 0.0636. The number of halogens is 2. The third-order valence-corrected chi connectivity index (χ3v) is 7.98. The van der Waals surface area contributed by atoms with Gasteiger partial charge in [0.15, 0.2) is 0 Å². The Kier molecular flexibility index (Phi) is 5.18. The Morgan fingerprint density at radius 1 is 0.939 bits per heavy atom. The number of rotatable bonds is 3. The fraction of sp³-hybridized carbons (Fsp3) is 0.208. The van der Waals surface area contributed by atoms with Gasteiger partial charge in [-0.1, -0.05) is 24.3 Å². The molecule has 2 heterocycles. The van der Waals surface area contributed by atoms with E-state index in [4.69, 9.17) is 4.74 Å². The number of hydrogen-bond acceptors (Lipinski definition) is 4. The molecule has 0 aromatic heterocycles. The quantitative estimate of drug-likeness (QED) is 0.588. The van der Waals surface area contributed by atoms with Gasteiger partial charge in [-0.3, -0.25) is 4.79 Å². The number of amides is 1. The van der Waals surface area contributed by atoms with Crippen molar-refractivity contribution in [1.29, 1.82) is 0 Å². The number of likely N-dealkylation sites (N-methyl/N-ethyl adjacent to an activating group) is 1. The maximum absolute atomic E-state index is 14.3. The first-order valence-corrected chi connectivity index (χ1v) is 11.8. The lowest BCUT2D eigenvalue weighted by Crippen LogP contribution is -2.44. The molecule has 0 aliphatic carbocycles. The van der Waals surface area contributed by atoms with Gasteiger partial charge in [-0.05, 0) is 42.0 Å². The maximum atomic E-state index is 14.3. The smallest absolute Gasteiger partial charge is 0.257 e. The molecule has 9 heteroatoms. The van der Waals surface area contributed by atoms with Crippen LogP contribution in [0.5, 0.6) is 5.75 Å². The first-order valence-electron chi connectivity index (χ1n) is 10.3. The normalized spacial score (nSPS) is 20.7. The van der Waals surface area contributed by atoms with Gasteiger partial charge in [-0.2, -0.15) is 4.31 Å². The summed E-state index contributed by atoms with van der Waals surface area (Å²) in [6.45, 7) is 0.158. The third kappa shape index (κ3) is 3.67. The molecule has 1 fully saturated rings. The van der Waals surface area contributed by atoms with Crippen molar-refractivity contribution in [3.63, 3.8) is 0 Å². The number of carbonyl (C=O) groups excluding carboxylic acids is 1. The van der Waals surface area contributed by atoms with Crippen molar-refractivity contribution in [2.24, 2.45) is 0 Å². The SMILES string of the molecule is CN1C(=O)c2ccc(-c3ccc(F)cc3F)cc2O[C@H]2CN(S(=O)(=O)c3ccccc3)C[C@H]21. The van der Waals surface area contributed by atoms with E-state index in [0.717, 1.165) is 12.1 Å². The van der Waals surface area contributed by atoms with E-state index in [0.29, 0.717) is 11.1 Å². The van der Waals surface area contributed by atoms with Gasteiger partial charge in [0.25, 0.3) is 5.91 Å². The monoisotopic (exact) mass is 470 g/mol. The van der Waals surface area contributed by atoms with E-state index in [9.17, 15) is 22.0 Å². The average Bonchev–Trinajstić information content (AvgIpc) is 3.20. The molecule has 2 atom stereocenters. The molecule has 0 unspecified atom stereocenters. The van der Waals surface area contributed by atoms with Crippen molar-refractivity contribution in [1.82, 2.24) is 9.21 Å². The molecule has 33 heavy (non-hydrogen) atoms. The van der Waals surface area contributed by atoms with Crippen LogP contribution in [0.4, 0.5) is 8.78 Å². The van der Waals surface area contributed by atoms with Crippen LogP contribution in [0.1, 0.15) is 10.4 Å². The van der Waals surface area contributed by atoms with Crippen LogP contribution >= 0.6 is 0 Å². The second-order valence-corrected chi connectivity index (χ2v) is 10.0. The van der Waals surface area contributed by atoms with Crippen LogP contribution in [0, 0.1) is 11.6 Å². The summed E-state index contributed by atoms with van der Waals surface area (Å²) < 4.78 is 61.3. The number of fused-ring (bicyclic) bond motifs is 2. The fourth-order valence-electron chi connectivity index (χ4n) is 4.34. The van der Waals surface area contributed by atoms with Crippen LogP contribution in [-0.2, 0) is 10.0 Å². The summed E-state index contributed by atoms with van der Waals surface area (Å²) in [7, 11) is -2.14. The van der Waals surface area contributed by atoms with Gasteiger partial charge in [0.2, 0.25) is 10.0 Å². The minimum atomic E-state index is -3.76. The Hall–Kier alpha value is -3.30. The number of sulfonamides is 1. The lowest BCUT2D eigenvalue weighted by Gasteiger charge is -2.25. The molecule has 0 bridgehead atoms. The van der Waals surface area contributed by atoms with Crippen LogP contribution in [0.2, 0.25) is 0 Å². The summed E-state index contributed by atoms with van der Waals surface area (Å²) in [5.74, 6) is -1.50. The Morgan fingerprint density at radius 2 is 1.67 bits per heavy atom. The lowest BCUT2D eigenvalue weighted by molar-refractivity contribution is 0.0683. The van der Waals surface area contributed by atoms with E-state index in [-0.39, 0.29) is 35.2 Å². The van der Waals surface area contributed by atoms with Crippen molar-refractivity contribution in [3.05, 3.63) is 83.9 Å². The topological polar surface area (TPSA) is 66.9 Å². The lowest BCUT2D eigenvalue weighted by atomic mass is 10.0. The second-order valence-electron chi connectivity index (χ2n) is 8.11. The Labute approximate surface area is 190 Å². The van der Waals surface area contributed by atoms with Crippen molar-refractivity contribution >= 4 is 15.9 Å². The van der Waals surface area contributed by atoms with Crippen molar-refractivity contribution in [3.8, 4) is 16.9 Å². The van der Waals surface area contributed by atoms with Gasteiger partial charge in [0, 0.05) is 25.2 Å². The van der Waals surface area contributed by atoms with Crippen molar-refractivity contribution in [2.75, 3.05) is 20.1 Å². The summed E-state index contributed by atoms with van der Waals surface area (Å²) in [5, 5.41) is 0. The maximum Gasteiger partial charge on any atom is 0.257 e. The standard InChI is InChI=1S/C24H20F2N2O4S/c1-27-21-13-28(33(30,31)17-5-3-2-4-6-17)14-23(21)32-22-11-15(7-9-19(22)24(27)29)18-10-8-16(25)12-20(18)26/h2-12,21,23H,13-14H2,1H3/t21-,23+/m1/s1. The van der Waals surface area contributed by atoms with E-state index in [1.54, 1.807) is 37.4 Å². The average molecular weight is 470 g/mol. The summed E-state index contributed by atoms with van der Waals surface area (Å²) in [4.78, 5) is 14.8. The number of nitrogens with zero attached hydrogens (tertiary/aromatic N) is 2. The highest BCUT2D eigenvalue weighted by Gasteiger charge is 2.46. The van der Waals surface area contributed by atoms with Gasteiger partial charge in [0.05, 0.1) is 23.0 Å². The van der Waals surface area contributed by atoms with Gasteiger partial charge >= 0.3 is 0 Å². The Morgan fingerprint density at radius 3 is 2.39 bits per heavy atom. The van der Waals surface area contributed by atoms with Gasteiger partial charge in [0.1, 0.15) is 23.5 Å². The molecule has 0 spiro atoms. The van der Waals surface area contributed by atoms with E-state index in [1.165, 1.54) is 33.5 Å². The minimum Gasteiger partial charge on any atom is -0.486 e.